The highest BCUT2D eigenvalue weighted by Gasteiger charge is 2.10. The van der Waals surface area contributed by atoms with E-state index in [1.54, 1.807) is 6.92 Å². The highest BCUT2D eigenvalue weighted by Crippen LogP contribution is 1.93. The molecule has 0 aliphatic rings. The van der Waals surface area contributed by atoms with Crippen molar-refractivity contribution in [3.05, 3.63) is 12.2 Å². The second kappa shape index (κ2) is 6.83. The summed E-state index contributed by atoms with van der Waals surface area (Å²) in [6, 6.07) is 0. The van der Waals surface area contributed by atoms with Crippen molar-refractivity contribution in [1.82, 2.24) is 5.01 Å². The zero-order chi connectivity index (χ0) is 11.8. The van der Waals surface area contributed by atoms with E-state index in [1.165, 1.54) is 6.92 Å². The molecule has 0 radical (unpaired) electrons. The summed E-state index contributed by atoms with van der Waals surface area (Å²) in [5.41, 5.74) is 0.301. The lowest BCUT2D eigenvalue weighted by atomic mass is 10.4. The van der Waals surface area contributed by atoms with Gasteiger partial charge in [-0.3, -0.25) is 0 Å². The molecule has 0 aromatic heterocycles. The highest BCUT2D eigenvalue weighted by atomic mass is 16.6. The number of hydrogen-bond donors (Lipinski definition) is 1. The molecule has 6 nitrogen and oxygen atoms in total. The Bertz CT molecular complexity index is 252. The van der Waals surface area contributed by atoms with Gasteiger partial charge in [0.15, 0.2) is 0 Å². The average molecular weight is 216 g/mol. The first-order chi connectivity index (χ1) is 6.99. The first-order valence-corrected chi connectivity index (χ1v) is 4.50. The van der Waals surface area contributed by atoms with Crippen molar-refractivity contribution in [3.8, 4) is 0 Å². The number of hydrogen-bond acceptors (Lipinski definition) is 5. The average Bonchev–Trinajstić information content (AvgIpc) is 2.17. The first kappa shape index (κ1) is 13.4. The molecule has 0 aromatic carbocycles. The lowest BCUT2D eigenvalue weighted by Crippen LogP contribution is -2.40. The maximum Gasteiger partial charge on any atom is 0.424 e. The van der Waals surface area contributed by atoms with Gasteiger partial charge >= 0.3 is 12.1 Å². The van der Waals surface area contributed by atoms with Crippen molar-refractivity contribution < 1.29 is 19.1 Å². The van der Waals surface area contributed by atoms with E-state index in [0.29, 0.717) is 5.57 Å². The van der Waals surface area contributed by atoms with E-state index in [-0.39, 0.29) is 19.8 Å². The summed E-state index contributed by atoms with van der Waals surface area (Å²) in [6.07, 6.45) is -0.649. The van der Waals surface area contributed by atoms with Crippen molar-refractivity contribution in [2.75, 3.05) is 19.8 Å². The summed E-state index contributed by atoms with van der Waals surface area (Å²) in [5.74, 6) is 4.80. The maximum absolute atomic E-state index is 11.0. The van der Waals surface area contributed by atoms with Gasteiger partial charge in [-0.05, 0) is 13.8 Å². The largest absolute Gasteiger partial charge is 0.460 e. The van der Waals surface area contributed by atoms with Crippen LogP contribution in [0.4, 0.5) is 4.79 Å². The van der Waals surface area contributed by atoms with Gasteiger partial charge in [0.25, 0.3) is 0 Å². The SMILES string of the molecule is C=C(C)C(=O)OCCN(N)C(=O)OCC. The third kappa shape index (κ3) is 5.69. The number of carbonyl (C=O) groups is 2. The quantitative estimate of drug-likeness (QED) is 0.237. The van der Waals surface area contributed by atoms with E-state index < -0.39 is 12.1 Å². The summed E-state index contributed by atoms with van der Waals surface area (Å²) in [4.78, 5) is 21.9. The van der Waals surface area contributed by atoms with Crippen LogP contribution in [0.15, 0.2) is 12.2 Å². The van der Waals surface area contributed by atoms with Gasteiger partial charge in [0.05, 0.1) is 13.2 Å². The molecule has 1 amide bonds. The fourth-order valence-electron chi connectivity index (χ4n) is 0.658. The molecule has 0 saturated carbocycles. The summed E-state index contributed by atoms with van der Waals surface area (Å²) < 4.78 is 9.35. The van der Waals surface area contributed by atoms with E-state index in [0.717, 1.165) is 5.01 Å². The molecule has 86 valence electrons. The van der Waals surface area contributed by atoms with Crippen molar-refractivity contribution >= 4 is 12.1 Å². The smallest absolute Gasteiger partial charge is 0.424 e. The number of rotatable bonds is 5. The van der Waals surface area contributed by atoms with Gasteiger partial charge in [0.2, 0.25) is 0 Å². The van der Waals surface area contributed by atoms with Crippen molar-refractivity contribution in [1.29, 1.82) is 0 Å². The van der Waals surface area contributed by atoms with Gasteiger partial charge in [-0.1, -0.05) is 6.58 Å². The van der Waals surface area contributed by atoms with Gasteiger partial charge in [0, 0.05) is 5.57 Å². The second-order valence-electron chi connectivity index (χ2n) is 2.81. The van der Waals surface area contributed by atoms with Crippen LogP contribution in [0, 0.1) is 0 Å². The van der Waals surface area contributed by atoms with Crippen molar-refractivity contribution in [2.24, 2.45) is 5.84 Å². The predicted octanol–water partition coefficient (Wildman–Crippen LogP) is 0.438. The minimum absolute atomic E-state index is 0.0149. The highest BCUT2D eigenvalue weighted by molar-refractivity contribution is 5.86. The molecule has 0 rings (SSSR count). The Kier molecular flexibility index (Phi) is 6.12. The zero-order valence-corrected chi connectivity index (χ0v) is 8.99. The number of amides is 1. The first-order valence-electron chi connectivity index (χ1n) is 4.50. The molecule has 6 heteroatoms. The van der Waals surface area contributed by atoms with Gasteiger partial charge in [-0.25, -0.2) is 20.4 Å². The third-order valence-electron chi connectivity index (χ3n) is 1.42. The van der Waals surface area contributed by atoms with E-state index in [4.69, 9.17) is 10.6 Å². The van der Waals surface area contributed by atoms with Gasteiger partial charge in [0.1, 0.15) is 6.61 Å². The van der Waals surface area contributed by atoms with E-state index in [9.17, 15) is 9.59 Å². The van der Waals surface area contributed by atoms with Gasteiger partial charge in [-0.2, -0.15) is 0 Å². The fraction of sp³-hybridized carbons (Fsp3) is 0.556. The summed E-state index contributed by atoms with van der Waals surface area (Å²) in [6.45, 7) is 6.96. The van der Waals surface area contributed by atoms with Crippen molar-refractivity contribution in [3.63, 3.8) is 0 Å². The van der Waals surface area contributed by atoms with Crippen LogP contribution in [0.2, 0.25) is 0 Å². The molecule has 0 heterocycles. The molecule has 0 aliphatic carbocycles. The molecule has 0 unspecified atom stereocenters. The molecule has 0 aliphatic heterocycles. The molecule has 0 spiro atoms. The van der Waals surface area contributed by atoms with Gasteiger partial charge in [-0.15, -0.1) is 0 Å². The van der Waals surface area contributed by atoms with Crippen LogP contribution in [0.5, 0.6) is 0 Å². The Morgan fingerprint density at radius 3 is 2.47 bits per heavy atom. The zero-order valence-electron chi connectivity index (χ0n) is 8.99. The number of hydrazine groups is 1. The van der Waals surface area contributed by atoms with Crippen LogP contribution in [-0.4, -0.2) is 36.8 Å². The summed E-state index contributed by atoms with van der Waals surface area (Å²) in [5, 5.41) is 0.842. The fourth-order valence-corrected chi connectivity index (χ4v) is 0.658. The monoisotopic (exact) mass is 216 g/mol. The van der Waals surface area contributed by atoms with Crippen LogP contribution in [0.1, 0.15) is 13.8 Å². The molecule has 0 bridgehead atoms. The van der Waals surface area contributed by atoms with Crippen LogP contribution in [0.25, 0.3) is 0 Å². The van der Waals surface area contributed by atoms with E-state index >= 15 is 0 Å². The predicted molar refractivity (Wildman–Crippen MR) is 53.7 cm³/mol. The van der Waals surface area contributed by atoms with Gasteiger partial charge < -0.3 is 9.47 Å². The Morgan fingerprint density at radius 2 is 2.00 bits per heavy atom. The van der Waals surface area contributed by atoms with Crippen LogP contribution < -0.4 is 5.84 Å². The Hall–Kier alpha value is -1.56. The Balaban J connectivity index is 3.72. The second-order valence-corrected chi connectivity index (χ2v) is 2.81. The number of esters is 1. The lowest BCUT2D eigenvalue weighted by Gasteiger charge is -2.15. The van der Waals surface area contributed by atoms with E-state index in [1.807, 2.05) is 0 Å². The Morgan fingerprint density at radius 1 is 1.40 bits per heavy atom. The molecular formula is C9H16N2O4. The molecule has 15 heavy (non-hydrogen) atoms. The minimum Gasteiger partial charge on any atom is -0.460 e. The summed E-state index contributed by atoms with van der Waals surface area (Å²) in [7, 11) is 0. The minimum atomic E-state index is -0.649. The number of carbonyl (C=O) groups excluding carboxylic acids is 2. The molecule has 0 aromatic rings. The molecule has 0 saturated heterocycles. The number of nitrogens with zero attached hydrogens (tertiary/aromatic N) is 1. The van der Waals surface area contributed by atoms with Crippen LogP contribution >= 0.6 is 0 Å². The van der Waals surface area contributed by atoms with E-state index in [2.05, 4.69) is 11.3 Å². The lowest BCUT2D eigenvalue weighted by molar-refractivity contribution is -0.139. The van der Waals surface area contributed by atoms with Crippen molar-refractivity contribution in [2.45, 2.75) is 13.8 Å². The number of ether oxygens (including phenoxy) is 2. The third-order valence-corrected chi connectivity index (χ3v) is 1.42. The Labute approximate surface area is 88.6 Å². The van der Waals surface area contributed by atoms with Crippen LogP contribution in [-0.2, 0) is 14.3 Å². The molecular weight excluding hydrogens is 200 g/mol. The topological polar surface area (TPSA) is 81.9 Å². The molecule has 2 N–H and O–H groups in total. The maximum atomic E-state index is 11.0. The normalized spacial score (nSPS) is 9.27. The van der Waals surface area contributed by atoms with Crippen LogP contribution in [0.3, 0.4) is 0 Å². The molecule has 0 fully saturated rings. The summed E-state index contributed by atoms with van der Waals surface area (Å²) >= 11 is 0. The standard InChI is InChI=1S/C9H16N2O4/c1-4-14-9(13)11(10)5-6-15-8(12)7(2)3/h2,4-6,10H2,1,3H3. The number of nitrogens with two attached hydrogens (primary N) is 1. The molecule has 0 atom stereocenters.